The average molecular weight is 294 g/mol. The first-order chi connectivity index (χ1) is 10.6. The summed E-state index contributed by atoms with van der Waals surface area (Å²) in [5, 5.41) is 10.6. The summed E-state index contributed by atoms with van der Waals surface area (Å²) in [7, 11) is 0. The first-order valence-electron chi connectivity index (χ1n) is 7.39. The molecule has 3 nitrogen and oxygen atoms in total. The normalized spacial score (nSPS) is 16.6. The molecule has 0 fully saturated rings. The highest BCUT2D eigenvalue weighted by molar-refractivity contribution is 6.06. The van der Waals surface area contributed by atoms with E-state index in [1.807, 2.05) is 55.5 Å². The molecule has 1 N–H and O–H groups in total. The Kier molecular flexibility index (Phi) is 3.82. The maximum atomic E-state index is 12.4. The highest BCUT2D eigenvalue weighted by Crippen LogP contribution is 2.45. The van der Waals surface area contributed by atoms with Crippen LogP contribution in [0.1, 0.15) is 35.3 Å². The third kappa shape index (κ3) is 2.24. The molecule has 2 aromatic rings. The Hall–Kier alpha value is -2.39. The number of carbonyl (C=O) groups excluding carboxylic acids is 1. The monoisotopic (exact) mass is 294 g/mol. The summed E-state index contributed by atoms with van der Waals surface area (Å²) < 4.78 is 5.16. The molecular weight excluding hydrogens is 276 g/mol. The summed E-state index contributed by atoms with van der Waals surface area (Å²) in [5.41, 5.74) is 4.76. The van der Waals surface area contributed by atoms with Gasteiger partial charge in [0, 0.05) is 5.57 Å². The highest BCUT2D eigenvalue weighted by Gasteiger charge is 2.36. The number of hydrogen-bond donors (Lipinski definition) is 1. The fraction of sp³-hybridized carbons (Fsp3) is 0.211. The van der Waals surface area contributed by atoms with Crippen molar-refractivity contribution in [3.63, 3.8) is 0 Å². The molecule has 1 unspecified atom stereocenters. The first kappa shape index (κ1) is 14.5. The van der Waals surface area contributed by atoms with Crippen molar-refractivity contribution in [1.82, 2.24) is 0 Å². The van der Waals surface area contributed by atoms with E-state index < -0.39 is 12.1 Å². The van der Waals surface area contributed by atoms with E-state index in [-0.39, 0.29) is 6.61 Å². The number of aliphatic hydroxyl groups excluding tert-OH is 1. The van der Waals surface area contributed by atoms with Crippen molar-refractivity contribution in [1.29, 1.82) is 0 Å². The molecule has 0 aromatic heterocycles. The van der Waals surface area contributed by atoms with E-state index >= 15 is 0 Å². The van der Waals surface area contributed by atoms with Crippen molar-refractivity contribution < 1.29 is 14.6 Å². The fourth-order valence-corrected chi connectivity index (χ4v) is 3.01. The number of rotatable bonds is 3. The topological polar surface area (TPSA) is 46.5 Å². The Labute approximate surface area is 129 Å². The van der Waals surface area contributed by atoms with Gasteiger partial charge in [0.15, 0.2) is 0 Å². The lowest BCUT2D eigenvalue weighted by molar-refractivity contribution is -0.139. The average Bonchev–Trinajstić information content (AvgIpc) is 2.83. The molecule has 0 radical (unpaired) electrons. The lowest BCUT2D eigenvalue weighted by Gasteiger charge is -2.11. The molecule has 112 valence electrons. The molecule has 0 amide bonds. The lowest BCUT2D eigenvalue weighted by atomic mass is 9.94. The SMILES string of the molecule is CCOC(=O)C1=C(c2ccccc2)c2c(C)cccc2C1O. The van der Waals surface area contributed by atoms with Gasteiger partial charge in [0.1, 0.15) is 6.10 Å². The van der Waals surface area contributed by atoms with Crippen molar-refractivity contribution in [3.8, 4) is 0 Å². The molecule has 0 saturated carbocycles. The summed E-state index contributed by atoms with van der Waals surface area (Å²) in [4.78, 5) is 12.4. The number of carbonyl (C=O) groups is 1. The number of aryl methyl sites for hydroxylation is 1. The Morgan fingerprint density at radius 1 is 1.14 bits per heavy atom. The van der Waals surface area contributed by atoms with E-state index in [1.165, 1.54) is 0 Å². The van der Waals surface area contributed by atoms with E-state index in [0.29, 0.717) is 5.57 Å². The molecule has 0 heterocycles. The minimum Gasteiger partial charge on any atom is -0.463 e. The molecular formula is C19H18O3. The van der Waals surface area contributed by atoms with E-state index in [2.05, 4.69) is 0 Å². The number of fused-ring (bicyclic) bond motifs is 1. The third-order valence-corrected chi connectivity index (χ3v) is 3.95. The van der Waals surface area contributed by atoms with Gasteiger partial charge in [-0.1, -0.05) is 48.5 Å². The van der Waals surface area contributed by atoms with Gasteiger partial charge in [-0.2, -0.15) is 0 Å². The van der Waals surface area contributed by atoms with Crippen molar-refractivity contribution in [3.05, 3.63) is 76.4 Å². The van der Waals surface area contributed by atoms with Crippen LogP contribution in [0.4, 0.5) is 0 Å². The van der Waals surface area contributed by atoms with Gasteiger partial charge in [0.2, 0.25) is 0 Å². The van der Waals surface area contributed by atoms with Crippen molar-refractivity contribution in [2.75, 3.05) is 6.61 Å². The highest BCUT2D eigenvalue weighted by atomic mass is 16.5. The van der Waals surface area contributed by atoms with Gasteiger partial charge in [-0.05, 0) is 36.1 Å². The number of hydrogen-bond acceptors (Lipinski definition) is 3. The van der Waals surface area contributed by atoms with Crippen LogP contribution in [0, 0.1) is 6.92 Å². The van der Waals surface area contributed by atoms with Gasteiger partial charge < -0.3 is 9.84 Å². The van der Waals surface area contributed by atoms with Gasteiger partial charge in [0.25, 0.3) is 0 Å². The number of esters is 1. The van der Waals surface area contributed by atoms with Gasteiger partial charge in [0.05, 0.1) is 12.2 Å². The molecule has 3 heteroatoms. The second kappa shape index (κ2) is 5.78. The third-order valence-electron chi connectivity index (χ3n) is 3.95. The van der Waals surface area contributed by atoms with Crippen LogP contribution in [-0.2, 0) is 9.53 Å². The van der Waals surface area contributed by atoms with Gasteiger partial charge in [-0.25, -0.2) is 4.79 Å². The van der Waals surface area contributed by atoms with Crippen molar-refractivity contribution in [2.45, 2.75) is 20.0 Å². The summed E-state index contributed by atoms with van der Waals surface area (Å²) in [6.45, 7) is 4.04. The number of benzene rings is 2. The molecule has 0 spiro atoms. The smallest absolute Gasteiger partial charge is 0.337 e. The van der Waals surface area contributed by atoms with E-state index in [1.54, 1.807) is 6.92 Å². The Morgan fingerprint density at radius 3 is 2.55 bits per heavy atom. The van der Waals surface area contributed by atoms with Crippen LogP contribution < -0.4 is 0 Å². The first-order valence-corrected chi connectivity index (χ1v) is 7.39. The standard InChI is InChI=1S/C19H18O3/c1-3-22-19(21)17-16(13-9-5-4-6-10-13)15-12(2)8-7-11-14(15)18(17)20/h4-11,18,20H,3H2,1-2H3. The zero-order valence-corrected chi connectivity index (χ0v) is 12.7. The second-order valence-electron chi connectivity index (χ2n) is 5.32. The summed E-state index contributed by atoms with van der Waals surface area (Å²) >= 11 is 0. The zero-order valence-electron chi connectivity index (χ0n) is 12.7. The molecule has 22 heavy (non-hydrogen) atoms. The number of aliphatic hydroxyl groups is 1. The lowest BCUT2D eigenvalue weighted by Crippen LogP contribution is -2.13. The maximum Gasteiger partial charge on any atom is 0.337 e. The minimum atomic E-state index is -0.941. The van der Waals surface area contributed by atoms with Gasteiger partial charge in [-0.3, -0.25) is 0 Å². The Balaban J connectivity index is 2.27. The minimum absolute atomic E-state index is 0.284. The quantitative estimate of drug-likeness (QED) is 0.882. The van der Waals surface area contributed by atoms with E-state index in [4.69, 9.17) is 4.74 Å². The Bertz CT molecular complexity index is 745. The van der Waals surface area contributed by atoms with E-state index in [0.717, 1.165) is 27.8 Å². The zero-order chi connectivity index (χ0) is 15.7. The summed E-state index contributed by atoms with van der Waals surface area (Å²) in [6.07, 6.45) is -0.941. The van der Waals surface area contributed by atoms with Gasteiger partial charge >= 0.3 is 5.97 Å². The Morgan fingerprint density at radius 2 is 1.86 bits per heavy atom. The van der Waals surface area contributed by atoms with Crippen molar-refractivity contribution in [2.24, 2.45) is 0 Å². The number of ether oxygens (including phenoxy) is 1. The molecule has 1 aliphatic rings. The summed E-state index contributed by atoms with van der Waals surface area (Å²) in [5.74, 6) is -0.454. The molecule has 0 aliphatic heterocycles. The maximum absolute atomic E-state index is 12.4. The van der Waals surface area contributed by atoms with E-state index in [9.17, 15) is 9.90 Å². The molecule has 0 bridgehead atoms. The van der Waals surface area contributed by atoms with Gasteiger partial charge in [-0.15, -0.1) is 0 Å². The van der Waals surface area contributed by atoms with Crippen LogP contribution in [0.15, 0.2) is 54.1 Å². The molecule has 0 saturated heterocycles. The second-order valence-corrected chi connectivity index (χ2v) is 5.32. The van der Waals surface area contributed by atoms with Crippen LogP contribution in [0.5, 0.6) is 0 Å². The van der Waals surface area contributed by atoms with Crippen LogP contribution in [0.2, 0.25) is 0 Å². The van der Waals surface area contributed by atoms with Crippen LogP contribution >= 0.6 is 0 Å². The predicted octanol–water partition coefficient (Wildman–Crippen LogP) is 3.41. The largest absolute Gasteiger partial charge is 0.463 e. The van der Waals surface area contributed by atoms with Crippen LogP contribution in [-0.4, -0.2) is 17.7 Å². The molecule has 3 rings (SSSR count). The summed E-state index contributed by atoms with van der Waals surface area (Å²) in [6, 6.07) is 15.4. The molecule has 2 aromatic carbocycles. The van der Waals surface area contributed by atoms with Crippen LogP contribution in [0.25, 0.3) is 5.57 Å². The predicted molar refractivity (Wildman–Crippen MR) is 85.2 cm³/mol. The molecule has 1 atom stereocenters. The van der Waals surface area contributed by atoms with Crippen LogP contribution in [0.3, 0.4) is 0 Å². The fourth-order valence-electron chi connectivity index (χ4n) is 3.01. The van der Waals surface area contributed by atoms with Crippen molar-refractivity contribution >= 4 is 11.5 Å². The molecule has 1 aliphatic carbocycles.